The molecule has 3 atom stereocenters. The number of nitrogens with two attached hydrogens (primary N) is 1. The summed E-state index contributed by atoms with van der Waals surface area (Å²) in [4.78, 5) is 14.2. The Morgan fingerprint density at radius 1 is 1.22 bits per heavy atom. The zero-order chi connectivity index (χ0) is 16.6. The van der Waals surface area contributed by atoms with Crippen LogP contribution in [-0.2, 0) is 4.74 Å². The summed E-state index contributed by atoms with van der Waals surface area (Å²) in [7, 11) is 0. The maximum Gasteiger partial charge on any atom is 0.410 e. The van der Waals surface area contributed by atoms with Crippen LogP contribution in [0.3, 0.4) is 0 Å². The number of carbonyl (C=O) groups excluding carboxylic acids is 1. The molecule has 3 rings (SSSR count). The first kappa shape index (κ1) is 16.0. The summed E-state index contributed by atoms with van der Waals surface area (Å²) < 4.78 is 11.7. The van der Waals surface area contributed by atoms with E-state index in [0.717, 1.165) is 37.2 Å². The lowest BCUT2D eigenvalue weighted by Crippen LogP contribution is -2.39. The van der Waals surface area contributed by atoms with Crippen LogP contribution in [0.1, 0.15) is 40.0 Å². The number of hydrogen-bond acceptors (Lipinski definition) is 4. The van der Waals surface area contributed by atoms with Crippen LogP contribution >= 0.6 is 0 Å². The number of hydrogen-bond donors (Lipinski definition) is 1. The van der Waals surface area contributed by atoms with E-state index in [9.17, 15) is 4.79 Å². The van der Waals surface area contributed by atoms with Gasteiger partial charge in [0.1, 0.15) is 17.5 Å². The summed E-state index contributed by atoms with van der Waals surface area (Å²) in [6.45, 7) is 6.43. The molecule has 1 heterocycles. The molecule has 1 aromatic rings. The predicted octanol–water partition coefficient (Wildman–Crippen LogP) is 3.44. The summed E-state index contributed by atoms with van der Waals surface area (Å²) in [5, 5.41) is 0. The number of anilines is 1. The van der Waals surface area contributed by atoms with Gasteiger partial charge in [0, 0.05) is 24.2 Å². The highest BCUT2D eigenvalue weighted by Crippen LogP contribution is 2.38. The van der Waals surface area contributed by atoms with Crippen molar-refractivity contribution < 1.29 is 14.3 Å². The number of fused-ring (bicyclic) bond motifs is 2. The summed E-state index contributed by atoms with van der Waals surface area (Å²) in [6, 6.07) is 7.80. The Morgan fingerprint density at radius 2 is 1.91 bits per heavy atom. The number of benzene rings is 1. The quantitative estimate of drug-likeness (QED) is 0.848. The van der Waals surface area contributed by atoms with Gasteiger partial charge < -0.3 is 20.1 Å². The van der Waals surface area contributed by atoms with Crippen LogP contribution in [0.2, 0.25) is 0 Å². The minimum atomic E-state index is -0.451. The molecule has 0 aromatic heterocycles. The predicted molar refractivity (Wildman–Crippen MR) is 89.3 cm³/mol. The first-order valence-corrected chi connectivity index (χ1v) is 8.33. The lowest BCUT2D eigenvalue weighted by atomic mass is 9.87. The van der Waals surface area contributed by atoms with Crippen LogP contribution in [0.15, 0.2) is 24.3 Å². The number of amides is 1. The van der Waals surface area contributed by atoms with Crippen molar-refractivity contribution >= 4 is 11.8 Å². The molecular weight excluding hydrogens is 292 g/mol. The van der Waals surface area contributed by atoms with Gasteiger partial charge >= 0.3 is 6.09 Å². The Balaban J connectivity index is 1.62. The minimum absolute atomic E-state index is 0.155. The van der Waals surface area contributed by atoms with E-state index in [1.54, 1.807) is 0 Å². The minimum Gasteiger partial charge on any atom is -0.490 e. The number of rotatable bonds is 2. The summed E-state index contributed by atoms with van der Waals surface area (Å²) in [5.41, 5.74) is 5.99. The third-order valence-electron chi connectivity index (χ3n) is 4.55. The van der Waals surface area contributed by atoms with Gasteiger partial charge in [0.05, 0.1) is 0 Å². The van der Waals surface area contributed by atoms with E-state index < -0.39 is 5.60 Å². The maximum absolute atomic E-state index is 12.4. The Hall–Kier alpha value is -1.91. The molecule has 5 nitrogen and oxygen atoms in total. The van der Waals surface area contributed by atoms with Gasteiger partial charge in [0.15, 0.2) is 0 Å². The second kappa shape index (κ2) is 5.95. The molecule has 2 N–H and O–H groups in total. The van der Waals surface area contributed by atoms with Crippen molar-refractivity contribution in [1.82, 2.24) is 4.90 Å². The molecule has 1 aliphatic carbocycles. The molecule has 3 unspecified atom stereocenters. The van der Waals surface area contributed by atoms with Crippen LogP contribution in [0, 0.1) is 5.92 Å². The summed E-state index contributed by atoms with van der Waals surface area (Å²) >= 11 is 0. The molecule has 2 aliphatic rings. The lowest BCUT2D eigenvalue weighted by Gasteiger charge is -2.30. The molecule has 2 bridgehead atoms. The fraction of sp³-hybridized carbons (Fsp3) is 0.611. The number of carbonyl (C=O) groups is 1. The van der Waals surface area contributed by atoms with Crippen molar-refractivity contribution in [2.75, 3.05) is 12.3 Å². The van der Waals surface area contributed by atoms with E-state index in [1.807, 2.05) is 49.9 Å². The first-order chi connectivity index (χ1) is 10.8. The van der Waals surface area contributed by atoms with Crippen LogP contribution in [0.5, 0.6) is 5.75 Å². The van der Waals surface area contributed by atoms with Gasteiger partial charge in [-0.05, 0) is 64.3 Å². The topological polar surface area (TPSA) is 64.8 Å². The van der Waals surface area contributed by atoms with Gasteiger partial charge in [0.2, 0.25) is 0 Å². The molecule has 1 amide bonds. The number of nitrogens with zero attached hydrogens (tertiary/aromatic N) is 1. The highest BCUT2D eigenvalue weighted by molar-refractivity contribution is 5.69. The van der Waals surface area contributed by atoms with E-state index in [2.05, 4.69) is 0 Å². The van der Waals surface area contributed by atoms with Crippen molar-refractivity contribution in [3.63, 3.8) is 0 Å². The van der Waals surface area contributed by atoms with Crippen molar-refractivity contribution in [1.29, 1.82) is 0 Å². The zero-order valence-corrected chi connectivity index (χ0v) is 14.1. The van der Waals surface area contributed by atoms with E-state index >= 15 is 0 Å². The lowest BCUT2D eigenvalue weighted by molar-refractivity contribution is 0.0223. The smallest absolute Gasteiger partial charge is 0.410 e. The van der Waals surface area contributed by atoms with Gasteiger partial charge in [-0.1, -0.05) is 0 Å². The number of likely N-dealkylation sites (tertiary alicyclic amines) is 1. The highest BCUT2D eigenvalue weighted by atomic mass is 16.6. The van der Waals surface area contributed by atoms with E-state index in [1.165, 1.54) is 0 Å². The molecule has 2 fully saturated rings. The molecule has 0 spiro atoms. The van der Waals surface area contributed by atoms with Gasteiger partial charge in [-0.25, -0.2) is 4.79 Å². The standard InChI is InChI=1S/C18H26N2O3/c1-18(2,3)23-17(21)20-11-12-10-14(20)6-9-16(12)22-15-7-4-13(19)5-8-15/h4-5,7-8,12,14,16H,6,9-11,19H2,1-3H3. The summed E-state index contributed by atoms with van der Waals surface area (Å²) in [6.07, 6.45) is 2.90. The Kier molecular flexibility index (Phi) is 4.13. The normalized spacial score (nSPS) is 26.9. The number of ether oxygens (including phenoxy) is 2. The Bertz CT molecular complexity index is 565. The van der Waals surface area contributed by atoms with Crippen molar-refractivity contribution in [3.8, 4) is 5.75 Å². The fourth-order valence-corrected chi connectivity index (χ4v) is 3.51. The molecular formula is C18H26N2O3. The highest BCUT2D eigenvalue weighted by Gasteiger charge is 2.45. The maximum atomic E-state index is 12.4. The van der Waals surface area contributed by atoms with E-state index in [-0.39, 0.29) is 12.2 Å². The van der Waals surface area contributed by atoms with Crippen molar-refractivity contribution in [2.45, 2.75) is 57.8 Å². The average molecular weight is 318 g/mol. The Labute approximate surface area is 137 Å². The number of nitrogen functional groups attached to an aromatic ring is 1. The van der Waals surface area contributed by atoms with Crippen LogP contribution in [0.25, 0.3) is 0 Å². The first-order valence-electron chi connectivity index (χ1n) is 8.33. The largest absolute Gasteiger partial charge is 0.490 e. The van der Waals surface area contributed by atoms with Crippen molar-refractivity contribution in [3.05, 3.63) is 24.3 Å². The van der Waals surface area contributed by atoms with Crippen molar-refractivity contribution in [2.24, 2.45) is 5.92 Å². The zero-order valence-electron chi connectivity index (χ0n) is 14.1. The van der Waals surface area contributed by atoms with Crippen LogP contribution < -0.4 is 10.5 Å². The van der Waals surface area contributed by atoms with Gasteiger partial charge in [-0.2, -0.15) is 0 Å². The van der Waals surface area contributed by atoms with Gasteiger partial charge in [0.25, 0.3) is 0 Å². The molecule has 0 radical (unpaired) electrons. The van der Waals surface area contributed by atoms with E-state index in [4.69, 9.17) is 15.2 Å². The van der Waals surface area contributed by atoms with E-state index in [0.29, 0.717) is 12.0 Å². The van der Waals surface area contributed by atoms with Crippen LogP contribution in [-0.4, -0.2) is 35.3 Å². The van der Waals surface area contributed by atoms with Crippen LogP contribution in [0.4, 0.5) is 10.5 Å². The third-order valence-corrected chi connectivity index (χ3v) is 4.55. The second-order valence-electron chi connectivity index (χ2n) is 7.58. The van der Waals surface area contributed by atoms with Gasteiger partial charge in [-0.3, -0.25) is 0 Å². The molecule has 1 aliphatic heterocycles. The Morgan fingerprint density at radius 3 is 2.57 bits per heavy atom. The monoisotopic (exact) mass is 318 g/mol. The summed E-state index contributed by atoms with van der Waals surface area (Å²) in [5.74, 6) is 1.22. The fourth-order valence-electron chi connectivity index (χ4n) is 3.51. The average Bonchev–Trinajstić information content (AvgIpc) is 2.81. The molecule has 1 aromatic carbocycles. The molecule has 1 saturated carbocycles. The molecule has 126 valence electrons. The molecule has 23 heavy (non-hydrogen) atoms. The molecule has 1 saturated heterocycles. The second-order valence-corrected chi connectivity index (χ2v) is 7.58. The van der Waals surface area contributed by atoms with Gasteiger partial charge in [-0.15, -0.1) is 0 Å². The third kappa shape index (κ3) is 3.71. The SMILES string of the molecule is CC(C)(C)OC(=O)N1CC2CC1CCC2Oc1ccc(N)cc1. The molecule has 5 heteroatoms.